The molecule has 0 saturated heterocycles. The van der Waals surface area contributed by atoms with Crippen molar-refractivity contribution in [2.45, 2.75) is 32.2 Å². The van der Waals surface area contributed by atoms with Crippen molar-refractivity contribution in [3.63, 3.8) is 0 Å². The number of amides is 1. The van der Waals surface area contributed by atoms with E-state index in [0.29, 0.717) is 23.6 Å². The van der Waals surface area contributed by atoms with Gasteiger partial charge in [-0.2, -0.15) is 0 Å². The number of rotatable bonds is 6. The van der Waals surface area contributed by atoms with E-state index < -0.39 is 0 Å². The Morgan fingerprint density at radius 3 is 3.11 bits per heavy atom. The highest BCUT2D eigenvalue weighted by Gasteiger charge is 2.31. The lowest BCUT2D eigenvalue weighted by molar-refractivity contribution is -0.118. The Hall–Kier alpha value is -0.980. The number of aromatic nitrogens is 1. The first kappa shape index (κ1) is 14.4. The van der Waals surface area contributed by atoms with Crippen molar-refractivity contribution in [2.75, 3.05) is 25.0 Å². The van der Waals surface area contributed by atoms with Crippen molar-refractivity contribution in [3.8, 4) is 0 Å². The molecule has 2 unspecified atom stereocenters. The second-order valence-corrected chi connectivity index (χ2v) is 5.84. The summed E-state index contributed by atoms with van der Waals surface area (Å²) >= 11 is 1.44. The molecule has 1 heterocycles. The molecule has 1 aliphatic carbocycles. The predicted molar refractivity (Wildman–Crippen MR) is 78.2 cm³/mol. The van der Waals surface area contributed by atoms with E-state index >= 15 is 0 Å². The lowest BCUT2D eigenvalue weighted by atomic mass is 10.0. The van der Waals surface area contributed by atoms with Crippen LogP contribution in [0, 0.1) is 5.92 Å². The number of nitrogens with one attached hydrogen (secondary N) is 1. The zero-order valence-electron chi connectivity index (χ0n) is 11.3. The molecule has 1 aromatic rings. The first-order valence-corrected chi connectivity index (χ1v) is 7.76. The minimum Gasteiger partial charge on any atom is -0.330 e. The van der Waals surface area contributed by atoms with Crippen molar-refractivity contribution >= 4 is 22.4 Å². The lowest BCUT2D eigenvalue weighted by Gasteiger charge is -2.31. The molecule has 2 rings (SSSR count). The fourth-order valence-electron chi connectivity index (χ4n) is 2.86. The smallest absolute Gasteiger partial charge is 0.240 e. The molecule has 1 saturated carbocycles. The summed E-state index contributed by atoms with van der Waals surface area (Å²) in [7, 11) is 0. The molecule has 0 aromatic carbocycles. The van der Waals surface area contributed by atoms with Gasteiger partial charge in [-0.1, -0.05) is 13.3 Å². The fourth-order valence-corrected chi connectivity index (χ4v) is 3.41. The number of thiazole rings is 1. The number of hydrogen-bond donors (Lipinski definition) is 2. The monoisotopic (exact) mass is 282 g/mol. The number of carbonyl (C=O) groups is 1. The van der Waals surface area contributed by atoms with Crippen LogP contribution in [-0.4, -0.2) is 41.5 Å². The average Bonchev–Trinajstić information content (AvgIpc) is 3.06. The Labute approximate surface area is 118 Å². The Morgan fingerprint density at radius 1 is 1.63 bits per heavy atom. The van der Waals surface area contributed by atoms with E-state index in [4.69, 9.17) is 5.73 Å². The normalized spacial score (nSPS) is 22.9. The van der Waals surface area contributed by atoms with Gasteiger partial charge in [0.1, 0.15) is 0 Å². The zero-order valence-corrected chi connectivity index (χ0v) is 12.2. The first-order valence-electron chi connectivity index (χ1n) is 6.88. The van der Waals surface area contributed by atoms with Gasteiger partial charge in [0.25, 0.3) is 0 Å². The van der Waals surface area contributed by atoms with Crippen LogP contribution in [0.2, 0.25) is 0 Å². The third-order valence-electron chi connectivity index (χ3n) is 3.82. The maximum atomic E-state index is 12.0. The Kier molecular flexibility index (Phi) is 5.30. The summed E-state index contributed by atoms with van der Waals surface area (Å²) < 4.78 is 0. The highest BCUT2D eigenvalue weighted by molar-refractivity contribution is 7.13. The van der Waals surface area contributed by atoms with Gasteiger partial charge < -0.3 is 11.1 Å². The van der Waals surface area contributed by atoms with Crippen LogP contribution in [0.4, 0.5) is 5.13 Å². The fraction of sp³-hybridized carbons (Fsp3) is 0.692. The average molecular weight is 282 g/mol. The van der Waals surface area contributed by atoms with Crippen LogP contribution in [-0.2, 0) is 4.79 Å². The van der Waals surface area contributed by atoms with Gasteiger partial charge in [0.15, 0.2) is 5.13 Å². The quantitative estimate of drug-likeness (QED) is 0.830. The van der Waals surface area contributed by atoms with E-state index in [1.54, 1.807) is 6.20 Å². The molecule has 0 aliphatic heterocycles. The number of nitrogens with zero attached hydrogens (tertiary/aromatic N) is 2. The molecule has 3 N–H and O–H groups in total. The van der Waals surface area contributed by atoms with E-state index in [2.05, 4.69) is 22.1 Å². The largest absolute Gasteiger partial charge is 0.330 e. The molecule has 6 heteroatoms. The number of nitrogens with two attached hydrogens (primary N) is 1. The van der Waals surface area contributed by atoms with Crippen LogP contribution in [0.1, 0.15) is 26.2 Å². The van der Waals surface area contributed by atoms with E-state index in [0.717, 1.165) is 19.5 Å². The summed E-state index contributed by atoms with van der Waals surface area (Å²) in [6, 6.07) is 0.456. The van der Waals surface area contributed by atoms with Crippen LogP contribution in [0.25, 0.3) is 0 Å². The third-order valence-corrected chi connectivity index (χ3v) is 4.51. The van der Waals surface area contributed by atoms with Crippen molar-refractivity contribution in [1.82, 2.24) is 9.88 Å². The summed E-state index contributed by atoms with van der Waals surface area (Å²) in [5, 5.41) is 5.36. The number of hydrogen-bond acceptors (Lipinski definition) is 5. The summed E-state index contributed by atoms with van der Waals surface area (Å²) in [6.45, 7) is 4.13. The van der Waals surface area contributed by atoms with Crippen LogP contribution in [0.5, 0.6) is 0 Å². The van der Waals surface area contributed by atoms with Gasteiger partial charge in [-0.15, -0.1) is 11.3 Å². The predicted octanol–water partition coefficient (Wildman–Crippen LogP) is 1.53. The lowest BCUT2D eigenvalue weighted by Crippen LogP contribution is -2.44. The Morgan fingerprint density at radius 2 is 2.47 bits per heavy atom. The second-order valence-electron chi connectivity index (χ2n) is 4.94. The molecule has 19 heavy (non-hydrogen) atoms. The first-order chi connectivity index (χ1) is 9.24. The van der Waals surface area contributed by atoms with Crippen molar-refractivity contribution in [2.24, 2.45) is 11.7 Å². The Bertz CT molecular complexity index is 395. The second kappa shape index (κ2) is 6.98. The van der Waals surface area contributed by atoms with Gasteiger partial charge in [0.05, 0.1) is 6.54 Å². The van der Waals surface area contributed by atoms with E-state index in [1.165, 1.54) is 24.2 Å². The molecule has 1 aromatic heterocycles. The van der Waals surface area contributed by atoms with E-state index in [-0.39, 0.29) is 5.91 Å². The highest BCUT2D eigenvalue weighted by Crippen LogP contribution is 2.29. The van der Waals surface area contributed by atoms with Crippen molar-refractivity contribution in [3.05, 3.63) is 11.6 Å². The van der Waals surface area contributed by atoms with Gasteiger partial charge in [-0.3, -0.25) is 9.69 Å². The molecular weight excluding hydrogens is 260 g/mol. The van der Waals surface area contributed by atoms with E-state index in [9.17, 15) is 4.79 Å². The van der Waals surface area contributed by atoms with Crippen molar-refractivity contribution < 1.29 is 4.79 Å². The topological polar surface area (TPSA) is 71.2 Å². The summed E-state index contributed by atoms with van der Waals surface area (Å²) in [5.41, 5.74) is 5.82. The molecule has 106 valence electrons. The number of likely N-dealkylation sites (N-methyl/N-ethyl adjacent to an activating group) is 1. The standard InChI is InChI=1S/C13H22N4OS/c1-2-17(11-5-3-4-10(11)8-14)9-12(18)16-13-15-6-7-19-13/h6-7,10-11H,2-5,8-9,14H2,1H3,(H,15,16,18). The van der Waals surface area contributed by atoms with E-state index in [1.807, 2.05) is 5.38 Å². The summed E-state index contributed by atoms with van der Waals surface area (Å²) in [6.07, 6.45) is 5.25. The molecule has 0 spiro atoms. The number of carbonyl (C=O) groups excluding carboxylic acids is 1. The summed E-state index contributed by atoms with van der Waals surface area (Å²) in [4.78, 5) is 18.3. The van der Waals surface area contributed by atoms with Gasteiger partial charge >= 0.3 is 0 Å². The minimum absolute atomic E-state index is 0.0134. The van der Waals surface area contributed by atoms with Crippen LogP contribution in [0.3, 0.4) is 0 Å². The molecule has 0 radical (unpaired) electrons. The Balaban J connectivity index is 1.89. The van der Waals surface area contributed by atoms with Crippen LogP contribution in [0.15, 0.2) is 11.6 Å². The molecule has 1 aliphatic rings. The molecule has 1 amide bonds. The molecule has 5 nitrogen and oxygen atoms in total. The SMILES string of the molecule is CCN(CC(=O)Nc1nccs1)C1CCCC1CN. The van der Waals surface area contributed by atoms with Crippen LogP contribution < -0.4 is 11.1 Å². The maximum Gasteiger partial charge on any atom is 0.240 e. The minimum atomic E-state index is 0.0134. The van der Waals surface area contributed by atoms with Gasteiger partial charge in [-0.05, 0) is 31.8 Å². The van der Waals surface area contributed by atoms with Gasteiger partial charge in [0.2, 0.25) is 5.91 Å². The zero-order chi connectivity index (χ0) is 13.7. The number of anilines is 1. The molecule has 0 bridgehead atoms. The third kappa shape index (κ3) is 3.75. The summed E-state index contributed by atoms with van der Waals surface area (Å²) in [5.74, 6) is 0.548. The van der Waals surface area contributed by atoms with Gasteiger partial charge in [0, 0.05) is 17.6 Å². The van der Waals surface area contributed by atoms with Crippen molar-refractivity contribution in [1.29, 1.82) is 0 Å². The van der Waals surface area contributed by atoms with Gasteiger partial charge in [-0.25, -0.2) is 4.98 Å². The molecular formula is C13H22N4OS. The maximum absolute atomic E-state index is 12.0. The highest BCUT2D eigenvalue weighted by atomic mass is 32.1. The molecule has 2 atom stereocenters. The molecule has 1 fully saturated rings. The van der Waals surface area contributed by atoms with Crippen LogP contribution >= 0.6 is 11.3 Å².